The number of hydrogen-bond donors (Lipinski definition) is 2. The molecule has 0 radical (unpaired) electrons. The predicted molar refractivity (Wildman–Crippen MR) is 78.9 cm³/mol. The van der Waals surface area contributed by atoms with Crippen molar-refractivity contribution >= 4 is 21.4 Å². The van der Waals surface area contributed by atoms with Gasteiger partial charge in [-0.25, -0.2) is 13.1 Å². The van der Waals surface area contributed by atoms with Gasteiger partial charge in [0.2, 0.25) is 10.0 Å². The van der Waals surface area contributed by atoms with E-state index >= 15 is 0 Å². The maximum Gasteiger partial charge on any atom is 0.250 e. The molecule has 2 unspecified atom stereocenters. The van der Waals surface area contributed by atoms with Gasteiger partial charge in [-0.15, -0.1) is 11.3 Å². The van der Waals surface area contributed by atoms with Crippen LogP contribution >= 0.6 is 11.3 Å². The lowest BCUT2D eigenvalue weighted by Gasteiger charge is -2.03. The molecule has 1 aromatic heterocycles. The summed E-state index contributed by atoms with van der Waals surface area (Å²) in [5.41, 5.74) is 1.05. The average molecular weight is 302 g/mol. The van der Waals surface area contributed by atoms with Crippen LogP contribution in [0.3, 0.4) is 0 Å². The molecule has 2 rings (SSSR count). The highest BCUT2D eigenvalue weighted by Gasteiger charge is 2.33. The van der Waals surface area contributed by atoms with Gasteiger partial charge in [0.15, 0.2) is 0 Å². The Labute approximate surface area is 119 Å². The van der Waals surface area contributed by atoms with Gasteiger partial charge in [-0.05, 0) is 43.4 Å². The predicted octanol–water partition coefficient (Wildman–Crippen LogP) is 2.10. The first-order valence-electron chi connectivity index (χ1n) is 6.73. The van der Waals surface area contributed by atoms with Crippen molar-refractivity contribution in [3.63, 3.8) is 0 Å². The van der Waals surface area contributed by atoms with Crippen molar-refractivity contribution in [2.45, 2.75) is 37.9 Å². The molecule has 0 saturated heterocycles. The average Bonchev–Trinajstić information content (AvgIpc) is 2.93. The van der Waals surface area contributed by atoms with E-state index in [1.54, 1.807) is 6.07 Å². The molecule has 4 nitrogen and oxygen atoms in total. The number of sulfonamides is 1. The maximum atomic E-state index is 12.2. The molecule has 1 aliphatic carbocycles. The first-order valence-corrected chi connectivity index (χ1v) is 9.03. The fraction of sp³-hybridized carbons (Fsp3) is 0.692. The Morgan fingerprint density at radius 1 is 1.47 bits per heavy atom. The molecule has 19 heavy (non-hydrogen) atoms. The van der Waals surface area contributed by atoms with E-state index in [-0.39, 0.29) is 0 Å². The summed E-state index contributed by atoms with van der Waals surface area (Å²) < 4.78 is 27.5. The molecule has 1 aliphatic rings. The van der Waals surface area contributed by atoms with Gasteiger partial charge in [0.05, 0.1) is 0 Å². The number of nitrogens with one attached hydrogen (secondary N) is 2. The molecule has 1 saturated carbocycles. The summed E-state index contributed by atoms with van der Waals surface area (Å²) in [5, 5.41) is 3.23. The van der Waals surface area contributed by atoms with E-state index in [1.165, 1.54) is 11.3 Å². The fourth-order valence-electron chi connectivity index (χ4n) is 2.01. The van der Waals surface area contributed by atoms with E-state index < -0.39 is 10.0 Å². The van der Waals surface area contributed by atoms with Crippen molar-refractivity contribution in [1.29, 1.82) is 0 Å². The Kier molecular flexibility index (Phi) is 4.66. The van der Waals surface area contributed by atoms with Gasteiger partial charge in [0.1, 0.15) is 4.21 Å². The van der Waals surface area contributed by atoms with Gasteiger partial charge >= 0.3 is 0 Å². The van der Waals surface area contributed by atoms with Crippen LogP contribution in [0.2, 0.25) is 0 Å². The van der Waals surface area contributed by atoms with Gasteiger partial charge in [-0.1, -0.05) is 13.8 Å². The molecular weight excluding hydrogens is 280 g/mol. The summed E-state index contributed by atoms with van der Waals surface area (Å²) in [4.78, 5) is 1.10. The smallest absolute Gasteiger partial charge is 0.250 e. The first kappa shape index (κ1) is 15.0. The minimum absolute atomic E-state index is 0.436. The lowest BCUT2D eigenvalue weighted by Crippen LogP contribution is -2.25. The SMILES string of the molecule is CCNCc1sc(S(=O)(=O)NCC2CC2C)cc1C. The molecule has 108 valence electrons. The standard InChI is InChI=1S/C13H22N2O2S2/c1-4-14-8-12-10(3)6-13(18-12)19(16,17)15-7-11-5-9(11)2/h6,9,11,14-15H,4-5,7-8H2,1-3H3. The molecule has 1 heterocycles. The first-order chi connectivity index (χ1) is 8.94. The Morgan fingerprint density at radius 2 is 2.16 bits per heavy atom. The molecule has 0 aromatic carbocycles. The lowest BCUT2D eigenvalue weighted by atomic mass is 10.3. The molecule has 1 aromatic rings. The van der Waals surface area contributed by atoms with E-state index in [0.29, 0.717) is 22.6 Å². The molecule has 0 amide bonds. The van der Waals surface area contributed by atoms with Crippen molar-refractivity contribution in [2.24, 2.45) is 11.8 Å². The minimum atomic E-state index is -3.32. The zero-order valence-corrected chi connectivity index (χ0v) is 13.3. The van der Waals surface area contributed by atoms with Gasteiger partial charge in [0.25, 0.3) is 0 Å². The second-order valence-electron chi connectivity index (χ2n) is 5.28. The molecule has 1 fully saturated rings. The summed E-state index contributed by atoms with van der Waals surface area (Å²) in [7, 11) is -3.32. The van der Waals surface area contributed by atoms with Crippen LogP contribution in [-0.2, 0) is 16.6 Å². The molecule has 2 atom stereocenters. The molecule has 6 heteroatoms. The third-order valence-corrected chi connectivity index (χ3v) is 6.74. The van der Waals surface area contributed by atoms with Crippen LogP contribution in [0, 0.1) is 18.8 Å². The highest BCUT2D eigenvalue weighted by Crippen LogP contribution is 2.37. The Bertz CT molecular complexity index is 537. The maximum absolute atomic E-state index is 12.2. The van der Waals surface area contributed by atoms with Gasteiger partial charge in [0, 0.05) is 18.0 Å². The summed E-state index contributed by atoms with van der Waals surface area (Å²) in [5.74, 6) is 1.19. The minimum Gasteiger partial charge on any atom is -0.312 e. The van der Waals surface area contributed by atoms with Crippen LogP contribution < -0.4 is 10.0 Å². The monoisotopic (exact) mass is 302 g/mol. The van der Waals surface area contributed by atoms with Gasteiger partial charge < -0.3 is 5.32 Å². The van der Waals surface area contributed by atoms with Gasteiger partial charge in [-0.2, -0.15) is 0 Å². The van der Waals surface area contributed by atoms with Crippen molar-refractivity contribution in [1.82, 2.24) is 10.0 Å². The number of rotatable bonds is 7. The second kappa shape index (κ2) is 5.91. The summed E-state index contributed by atoms with van der Waals surface area (Å²) in [6, 6.07) is 1.77. The molecule has 0 bridgehead atoms. The third-order valence-electron chi connectivity index (χ3n) is 3.61. The summed E-state index contributed by atoms with van der Waals surface area (Å²) >= 11 is 1.37. The van der Waals surface area contributed by atoms with Crippen LogP contribution in [-0.4, -0.2) is 21.5 Å². The number of aryl methyl sites for hydroxylation is 1. The van der Waals surface area contributed by atoms with Crippen LogP contribution in [0.1, 0.15) is 30.7 Å². The Balaban J connectivity index is 2.02. The molecule has 0 spiro atoms. The molecular formula is C13H22N2O2S2. The summed E-state index contributed by atoms with van der Waals surface area (Å²) in [6.45, 7) is 8.36. The number of thiophene rings is 1. The van der Waals surface area contributed by atoms with Crippen molar-refractivity contribution in [2.75, 3.05) is 13.1 Å². The quantitative estimate of drug-likeness (QED) is 0.811. The zero-order valence-electron chi connectivity index (χ0n) is 11.7. The van der Waals surface area contributed by atoms with E-state index in [1.807, 2.05) is 13.8 Å². The van der Waals surface area contributed by atoms with Crippen LogP contribution in [0.25, 0.3) is 0 Å². The lowest BCUT2D eigenvalue weighted by molar-refractivity contribution is 0.576. The van der Waals surface area contributed by atoms with Crippen molar-refractivity contribution < 1.29 is 8.42 Å². The van der Waals surface area contributed by atoms with E-state index in [4.69, 9.17) is 0 Å². The highest BCUT2D eigenvalue weighted by atomic mass is 32.2. The van der Waals surface area contributed by atoms with E-state index in [2.05, 4.69) is 17.0 Å². The fourth-order valence-corrected chi connectivity index (χ4v) is 4.70. The van der Waals surface area contributed by atoms with E-state index in [0.717, 1.165) is 30.0 Å². The Morgan fingerprint density at radius 3 is 2.74 bits per heavy atom. The Hall–Kier alpha value is -0.430. The third kappa shape index (κ3) is 3.78. The molecule has 0 aliphatic heterocycles. The van der Waals surface area contributed by atoms with Crippen LogP contribution in [0.15, 0.2) is 10.3 Å². The highest BCUT2D eigenvalue weighted by molar-refractivity contribution is 7.91. The topological polar surface area (TPSA) is 58.2 Å². The van der Waals surface area contributed by atoms with Crippen molar-refractivity contribution in [3.8, 4) is 0 Å². The largest absolute Gasteiger partial charge is 0.312 e. The summed E-state index contributed by atoms with van der Waals surface area (Å²) in [6.07, 6.45) is 1.14. The van der Waals surface area contributed by atoms with Crippen molar-refractivity contribution in [3.05, 3.63) is 16.5 Å². The van der Waals surface area contributed by atoms with Crippen LogP contribution in [0.4, 0.5) is 0 Å². The van der Waals surface area contributed by atoms with E-state index in [9.17, 15) is 8.42 Å². The van der Waals surface area contributed by atoms with Gasteiger partial charge in [-0.3, -0.25) is 0 Å². The normalized spacial score (nSPS) is 22.7. The zero-order chi connectivity index (χ0) is 14.0. The number of hydrogen-bond acceptors (Lipinski definition) is 4. The van der Waals surface area contributed by atoms with Crippen LogP contribution in [0.5, 0.6) is 0 Å². The second-order valence-corrected chi connectivity index (χ2v) is 8.41. The molecule has 2 N–H and O–H groups in total.